The first-order chi connectivity index (χ1) is 16.2. The van der Waals surface area contributed by atoms with Crippen molar-refractivity contribution in [2.45, 2.75) is 6.92 Å². The lowest BCUT2D eigenvalue weighted by atomic mass is 9.99. The molecule has 6 nitrogen and oxygen atoms in total. The molecular formula is C26H18N4O2S. The van der Waals surface area contributed by atoms with Gasteiger partial charge in [-0.25, -0.2) is 4.98 Å². The Bertz CT molecular complexity index is 1600. The molecule has 0 aliphatic carbocycles. The minimum absolute atomic E-state index is 0.249. The van der Waals surface area contributed by atoms with E-state index < -0.39 is 0 Å². The summed E-state index contributed by atoms with van der Waals surface area (Å²) in [6.07, 6.45) is 5.09. The van der Waals surface area contributed by atoms with Gasteiger partial charge in [-0.05, 0) is 65.9 Å². The van der Waals surface area contributed by atoms with Crippen LogP contribution in [0.2, 0.25) is 0 Å². The third-order valence-electron chi connectivity index (χ3n) is 5.63. The highest BCUT2D eigenvalue weighted by Crippen LogP contribution is 2.39. The van der Waals surface area contributed by atoms with Crippen LogP contribution in [-0.2, 0) is 0 Å². The number of aryl methyl sites for hydroxylation is 1. The van der Waals surface area contributed by atoms with Crippen LogP contribution in [0.4, 0.5) is 5.82 Å². The Morgan fingerprint density at radius 2 is 1.91 bits per heavy atom. The van der Waals surface area contributed by atoms with Crippen molar-refractivity contribution in [1.29, 1.82) is 0 Å². The van der Waals surface area contributed by atoms with Crippen LogP contribution < -0.4 is 5.32 Å². The number of aromatic amines is 1. The molecule has 0 unspecified atom stereocenters. The van der Waals surface area contributed by atoms with Gasteiger partial charge in [0.05, 0.1) is 18.0 Å². The first kappa shape index (κ1) is 19.5. The number of rotatable bonds is 4. The molecule has 7 heteroatoms. The Morgan fingerprint density at radius 3 is 2.73 bits per heavy atom. The summed E-state index contributed by atoms with van der Waals surface area (Å²) in [7, 11) is 0. The molecule has 6 aromatic rings. The molecule has 0 aliphatic rings. The molecule has 4 heterocycles. The van der Waals surface area contributed by atoms with E-state index in [2.05, 4.69) is 63.0 Å². The van der Waals surface area contributed by atoms with Crippen molar-refractivity contribution in [1.82, 2.24) is 15.2 Å². The van der Waals surface area contributed by atoms with Crippen molar-refractivity contribution in [3.05, 3.63) is 90.6 Å². The summed E-state index contributed by atoms with van der Waals surface area (Å²) in [5.41, 5.74) is 4.99. The van der Waals surface area contributed by atoms with E-state index in [0.717, 1.165) is 33.2 Å². The zero-order valence-corrected chi connectivity index (χ0v) is 18.4. The number of nitrogens with zero attached hydrogens (tertiary/aromatic N) is 2. The highest BCUT2D eigenvalue weighted by Gasteiger charge is 2.15. The van der Waals surface area contributed by atoms with Gasteiger partial charge in [-0.15, -0.1) is 11.3 Å². The largest absolute Gasteiger partial charge is 0.459 e. The van der Waals surface area contributed by atoms with E-state index in [1.165, 1.54) is 21.2 Å². The number of furan rings is 1. The number of amides is 1. The van der Waals surface area contributed by atoms with Gasteiger partial charge in [-0.3, -0.25) is 9.89 Å². The highest BCUT2D eigenvalue weighted by molar-refractivity contribution is 7.22. The summed E-state index contributed by atoms with van der Waals surface area (Å²) >= 11 is 1.76. The maximum absolute atomic E-state index is 12.3. The first-order valence-electron chi connectivity index (χ1n) is 10.4. The van der Waals surface area contributed by atoms with E-state index in [4.69, 9.17) is 4.42 Å². The second-order valence-corrected chi connectivity index (χ2v) is 8.91. The van der Waals surface area contributed by atoms with Crippen molar-refractivity contribution >= 4 is 44.1 Å². The molecule has 2 aromatic carbocycles. The number of benzene rings is 2. The predicted octanol–water partition coefficient (Wildman–Crippen LogP) is 6.66. The lowest BCUT2D eigenvalue weighted by Crippen LogP contribution is -2.13. The van der Waals surface area contributed by atoms with Gasteiger partial charge in [0.25, 0.3) is 5.91 Å². The fourth-order valence-corrected chi connectivity index (χ4v) is 5.06. The average Bonchev–Trinajstić information content (AvgIpc) is 3.59. The Hall–Kier alpha value is -4.23. The number of pyridine rings is 1. The highest BCUT2D eigenvalue weighted by atomic mass is 32.1. The molecule has 2 N–H and O–H groups in total. The molecule has 0 saturated heterocycles. The van der Waals surface area contributed by atoms with Crippen LogP contribution in [0, 0.1) is 6.92 Å². The fraction of sp³-hybridized carbons (Fsp3) is 0.0385. The maximum atomic E-state index is 12.3. The van der Waals surface area contributed by atoms with Crippen molar-refractivity contribution in [2.75, 3.05) is 5.32 Å². The normalized spacial score (nSPS) is 11.3. The molecular weight excluding hydrogens is 432 g/mol. The number of H-pyrrole nitrogens is 1. The second kappa shape index (κ2) is 7.72. The number of fused-ring (bicyclic) bond motifs is 2. The molecule has 0 radical (unpaired) electrons. The van der Waals surface area contributed by atoms with Gasteiger partial charge in [0, 0.05) is 32.3 Å². The molecule has 4 aromatic heterocycles. The molecule has 160 valence electrons. The van der Waals surface area contributed by atoms with Gasteiger partial charge in [-0.2, -0.15) is 5.10 Å². The van der Waals surface area contributed by atoms with E-state index >= 15 is 0 Å². The number of carbonyl (C=O) groups excluding carboxylic acids is 1. The minimum atomic E-state index is -0.324. The monoisotopic (exact) mass is 450 g/mol. The molecule has 0 bridgehead atoms. The zero-order valence-electron chi connectivity index (χ0n) is 17.6. The Morgan fingerprint density at radius 1 is 1.00 bits per heavy atom. The molecule has 0 saturated carbocycles. The number of nitrogens with one attached hydrogen (secondary N) is 2. The van der Waals surface area contributed by atoms with Crippen molar-refractivity contribution in [3.8, 4) is 21.6 Å². The van der Waals surface area contributed by atoms with Gasteiger partial charge in [0.2, 0.25) is 0 Å². The van der Waals surface area contributed by atoms with Gasteiger partial charge in [-0.1, -0.05) is 18.2 Å². The van der Waals surface area contributed by atoms with E-state index in [9.17, 15) is 4.79 Å². The van der Waals surface area contributed by atoms with Gasteiger partial charge in [0.1, 0.15) is 5.82 Å². The smallest absolute Gasteiger partial charge is 0.292 e. The van der Waals surface area contributed by atoms with Crippen LogP contribution in [0.25, 0.3) is 42.6 Å². The zero-order chi connectivity index (χ0) is 22.4. The van der Waals surface area contributed by atoms with Crippen molar-refractivity contribution in [3.63, 3.8) is 0 Å². The fourth-order valence-electron chi connectivity index (χ4n) is 3.97. The molecule has 0 atom stereocenters. The Labute approximate surface area is 192 Å². The summed E-state index contributed by atoms with van der Waals surface area (Å²) in [4.78, 5) is 18.0. The van der Waals surface area contributed by atoms with Crippen LogP contribution in [0.1, 0.15) is 16.1 Å². The van der Waals surface area contributed by atoms with Crippen LogP contribution in [0.3, 0.4) is 0 Å². The number of anilines is 1. The Balaban J connectivity index is 1.40. The number of carbonyl (C=O) groups is 1. The van der Waals surface area contributed by atoms with Crippen molar-refractivity contribution in [2.24, 2.45) is 0 Å². The molecule has 0 aliphatic heterocycles. The SMILES string of the molecule is Cc1cc(-c2cc(-c3cc4ccccc4s3)c3[nH]ncc3c2)cnc1NC(=O)c1ccco1. The van der Waals surface area contributed by atoms with Gasteiger partial charge < -0.3 is 9.73 Å². The summed E-state index contributed by atoms with van der Waals surface area (Å²) in [6.45, 7) is 1.93. The third kappa shape index (κ3) is 3.48. The molecule has 33 heavy (non-hydrogen) atoms. The average molecular weight is 451 g/mol. The number of hydrogen-bond donors (Lipinski definition) is 2. The Kier molecular flexibility index (Phi) is 4.55. The van der Waals surface area contributed by atoms with Gasteiger partial charge >= 0.3 is 0 Å². The summed E-state index contributed by atoms with van der Waals surface area (Å²) in [6, 6.07) is 20.2. The van der Waals surface area contributed by atoms with E-state index in [1.54, 1.807) is 29.7 Å². The quantitative estimate of drug-likeness (QED) is 0.314. The number of aromatic nitrogens is 3. The second-order valence-electron chi connectivity index (χ2n) is 7.83. The van der Waals surface area contributed by atoms with Crippen LogP contribution >= 0.6 is 11.3 Å². The topological polar surface area (TPSA) is 83.8 Å². The lowest BCUT2D eigenvalue weighted by Gasteiger charge is -2.10. The molecule has 0 fully saturated rings. The summed E-state index contributed by atoms with van der Waals surface area (Å²) in [5.74, 6) is 0.433. The minimum Gasteiger partial charge on any atom is -0.459 e. The maximum Gasteiger partial charge on any atom is 0.292 e. The van der Waals surface area contributed by atoms with Crippen LogP contribution in [0.5, 0.6) is 0 Å². The third-order valence-corrected chi connectivity index (χ3v) is 6.78. The van der Waals surface area contributed by atoms with Crippen molar-refractivity contribution < 1.29 is 9.21 Å². The van der Waals surface area contributed by atoms with E-state index in [-0.39, 0.29) is 11.7 Å². The lowest BCUT2D eigenvalue weighted by molar-refractivity contribution is 0.0996. The number of thiophene rings is 1. The summed E-state index contributed by atoms with van der Waals surface area (Å²) in [5, 5.41) is 12.5. The van der Waals surface area contributed by atoms with Crippen LogP contribution in [-0.4, -0.2) is 21.1 Å². The summed E-state index contributed by atoms with van der Waals surface area (Å²) < 4.78 is 6.41. The van der Waals surface area contributed by atoms with E-state index in [0.29, 0.717) is 5.82 Å². The molecule has 0 spiro atoms. The standard InChI is InChI=1S/C26H18N4O2S/c1-15-9-18(13-27-25(15)29-26(31)21-6-4-8-32-21)17-10-19-14-28-30-24(19)20(11-17)23-12-16-5-2-3-7-22(16)33-23/h2-14H,1H3,(H,28,30)(H,27,29,31). The van der Waals surface area contributed by atoms with E-state index in [1.807, 2.05) is 19.2 Å². The molecule has 1 amide bonds. The molecule has 6 rings (SSSR count). The number of hydrogen-bond acceptors (Lipinski definition) is 5. The predicted molar refractivity (Wildman–Crippen MR) is 132 cm³/mol. The first-order valence-corrected chi connectivity index (χ1v) is 11.3. The van der Waals surface area contributed by atoms with Gasteiger partial charge in [0.15, 0.2) is 5.76 Å². The van der Waals surface area contributed by atoms with Crippen LogP contribution in [0.15, 0.2) is 83.7 Å².